The summed E-state index contributed by atoms with van der Waals surface area (Å²) in [4.78, 5) is 39.1. The fraction of sp³-hybridized carbons (Fsp3) is 0.125. The third-order valence-corrected chi connectivity index (χ3v) is 4.56. The number of anilines is 2. The number of rotatable bonds is 6. The molecule has 6 heteroatoms. The average molecular weight is 402 g/mol. The molecule has 0 radical (unpaired) electrons. The van der Waals surface area contributed by atoms with Crippen molar-refractivity contribution in [3.8, 4) is 5.75 Å². The maximum atomic E-state index is 13.1. The van der Waals surface area contributed by atoms with Crippen molar-refractivity contribution >= 4 is 29.0 Å². The first kappa shape index (κ1) is 20.8. The number of benzene rings is 3. The largest absolute Gasteiger partial charge is 0.497 e. The van der Waals surface area contributed by atoms with Gasteiger partial charge in [0.1, 0.15) is 5.75 Å². The number of Topliss-reactive ketones (excluding diaryl/α,β-unsaturated/α-hetero) is 1. The van der Waals surface area contributed by atoms with Crippen LogP contribution in [0.25, 0.3) is 0 Å². The normalized spacial score (nSPS) is 10.2. The molecule has 3 rings (SSSR count). The van der Waals surface area contributed by atoms with Crippen molar-refractivity contribution in [2.45, 2.75) is 13.5 Å². The van der Waals surface area contributed by atoms with Crippen LogP contribution in [-0.4, -0.2) is 24.7 Å². The summed E-state index contributed by atoms with van der Waals surface area (Å²) < 4.78 is 5.18. The monoisotopic (exact) mass is 402 g/mol. The first-order valence-corrected chi connectivity index (χ1v) is 9.40. The van der Waals surface area contributed by atoms with Gasteiger partial charge in [0.2, 0.25) is 0 Å². The van der Waals surface area contributed by atoms with E-state index in [1.54, 1.807) is 55.6 Å². The maximum absolute atomic E-state index is 13.1. The van der Waals surface area contributed by atoms with E-state index in [2.05, 4.69) is 5.32 Å². The van der Waals surface area contributed by atoms with Crippen molar-refractivity contribution in [3.63, 3.8) is 0 Å². The molecule has 0 saturated carbocycles. The number of hydrogen-bond donors (Lipinski definition) is 1. The molecule has 0 bridgehead atoms. The van der Waals surface area contributed by atoms with Crippen LogP contribution < -0.4 is 15.0 Å². The molecule has 0 aromatic heterocycles. The van der Waals surface area contributed by atoms with E-state index in [1.165, 1.54) is 11.8 Å². The van der Waals surface area contributed by atoms with Crippen LogP contribution in [0.5, 0.6) is 5.75 Å². The highest BCUT2D eigenvalue weighted by atomic mass is 16.5. The van der Waals surface area contributed by atoms with E-state index in [4.69, 9.17) is 4.74 Å². The number of methoxy groups -OCH3 is 1. The quantitative estimate of drug-likeness (QED) is 0.498. The number of carbonyl (C=O) groups excluding carboxylic acids is 3. The molecule has 0 aliphatic carbocycles. The van der Waals surface area contributed by atoms with Gasteiger partial charge in [0.15, 0.2) is 5.78 Å². The Morgan fingerprint density at radius 3 is 2.13 bits per heavy atom. The zero-order chi connectivity index (χ0) is 21.5. The summed E-state index contributed by atoms with van der Waals surface area (Å²) in [5.74, 6) is -1.11. The molecule has 0 fully saturated rings. The Hall–Kier alpha value is -3.93. The zero-order valence-corrected chi connectivity index (χ0v) is 16.8. The molecule has 6 nitrogen and oxygen atoms in total. The maximum Gasteiger partial charge on any atom is 0.316 e. The first-order chi connectivity index (χ1) is 14.5. The molecule has 0 aliphatic rings. The van der Waals surface area contributed by atoms with Crippen LogP contribution in [0.4, 0.5) is 11.4 Å². The van der Waals surface area contributed by atoms with Crippen LogP contribution in [0.15, 0.2) is 78.9 Å². The van der Waals surface area contributed by atoms with Crippen molar-refractivity contribution in [3.05, 3.63) is 90.0 Å². The molecule has 0 spiro atoms. The average Bonchev–Trinajstić information content (AvgIpc) is 2.78. The highest BCUT2D eigenvalue weighted by Crippen LogP contribution is 2.22. The lowest BCUT2D eigenvalue weighted by molar-refractivity contribution is -0.134. The fourth-order valence-electron chi connectivity index (χ4n) is 3.01. The second kappa shape index (κ2) is 9.52. The first-order valence-electron chi connectivity index (χ1n) is 9.40. The van der Waals surface area contributed by atoms with Crippen molar-refractivity contribution in [2.75, 3.05) is 17.3 Å². The van der Waals surface area contributed by atoms with Gasteiger partial charge < -0.3 is 10.1 Å². The van der Waals surface area contributed by atoms with Gasteiger partial charge in [0.05, 0.1) is 19.3 Å². The van der Waals surface area contributed by atoms with E-state index < -0.39 is 11.8 Å². The van der Waals surface area contributed by atoms with Crippen molar-refractivity contribution in [1.29, 1.82) is 0 Å². The second-order valence-corrected chi connectivity index (χ2v) is 6.63. The SMILES string of the molecule is COc1ccc(N(Cc2ccccc2)C(=O)C(=O)Nc2ccccc2C(C)=O)cc1. The number of carbonyl (C=O) groups is 3. The highest BCUT2D eigenvalue weighted by Gasteiger charge is 2.25. The van der Waals surface area contributed by atoms with Gasteiger partial charge in [-0.25, -0.2) is 0 Å². The van der Waals surface area contributed by atoms with Gasteiger partial charge in [-0.05, 0) is 48.9 Å². The lowest BCUT2D eigenvalue weighted by Gasteiger charge is -2.23. The Labute approximate surface area is 175 Å². The number of amides is 2. The molecule has 0 aliphatic heterocycles. The lowest BCUT2D eigenvalue weighted by Crippen LogP contribution is -2.39. The van der Waals surface area contributed by atoms with Gasteiger partial charge in [-0.15, -0.1) is 0 Å². The van der Waals surface area contributed by atoms with Gasteiger partial charge in [0, 0.05) is 11.3 Å². The Kier molecular flexibility index (Phi) is 6.60. The Morgan fingerprint density at radius 1 is 0.867 bits per heavy atom. The number of nitrogens with zero attached hydrogens (tertiary/aromatic N) is 1. The number of ether oxygens (including phenoxy) is 1. The minimum Gasteiger partial charge on any atom is -0.497 e. The van der Waals surface area contributed by atoms with Crippen molar-refractivity contribution < 1.29 is 19.1 Å². The van der Waals surface area contributed by atoms with Gasteiger partial charge in [-0.2, -0.15) is 0 Å². The van der Waals surface area contributed by atoms with E-state index >= 15 is 0 Å². The van der Waals surface area contributed by atoms with Crippen LogP contribution in [0, 0.1) is 0 Å². The molecule has 30 heavy (non-hydrogen) atoms. The van der Waals surface area contributed by atoms with Crippen LogP contribution in [-0.2, 0) is 16.1 Å². The molecule has 2 amide bonds. The van der Waals surface area contributed by atoms with Gasteiger partial charge >= 0.3 is 11.8 Å². The molecule has 152 valence electrons. The molecular formula is C24H22N2O4. The van der Waals surface area contributed by atoms with Gasteiger partial charge in [-0.3, -0.25) is 19.3 Å². The highest BCUT2D eigenvalue weighted by molar-refractivity contribution is 6.44. The molecule has 3 aromatic rings. The van der Waals surface area contributed by atoms with Crippen LogP contribution in [0.2, 0.25) is 0 Å². The molecule has 0 heterocycles. The number of para-hydroxylation sites is 1. The van der Waals surface area contributed by atoms with Gasteiger partial charge in [-0.1, -0.05) is 42.5 Å². The number of ketones is 1. The fourth-order valence-corrected chi connectivity index (χ4v) is 3.01. The Balaban J connectivity index is 1.89. The number of nitrogens with one attached hydrogen (secondary N) is 1. The van der Waals surface area contributed by atoms with E-state index in [0.717, 1.165) is 5.56 Å². The summed E-state index contributed by atoms with van der Waals surface area (Å²) in [6.07, 6.45) is 0. The topological polar surface area (TPSA) is 75.7 Å². The molecule has 1 N–H and O–H groups in total. The summed E-state index contributed by atoms with van der Waals surface area (Å²) in [5.41, 5.74) is 2.08. The smallest absolute Gasteiger partial charge is 0.316 e. The Bertz CT molecular complexity index is 1050. The summed E-state index contributed by atoms with van der Waals surface area (Å²) in [5, 5.41) is 2.57. The van der Waals surface area contributed by atoms with Crippen molar-refractivity contribution in [2.24, 2.45) is 0 Å². The minimum atomic E-state index is -0.824. The summed E-state index contributed by atoms with van der Waals surface area (Å²) in [6.45, 7) is 1.62. The predicted molar refractivity (Wildman–Crippen MR) is 116 cm³/mol. The number of hydrogen-bond acceptors (Lipinski definition) is 4. The summed E-state index contributed by atoms with van der Waals surface area (Å²) in [6, 6.07) is 22.9. The molecule has 0 saturated heterocycles. The third kappa shape index (κ3) is 4.91. The molecule has 0 atom stereocenters. The van der Waals surface area contributed by atoms with E-state index in [-0.39, 0.29) is 12.3 Å². The van der Waals surface area contributed by atoms with Crippen LogP contribution in [0.1, 0.15) is 22.8 Å². The van der Waals surface area contributed by atoms with Crippen LogP contribution in [0.3, 0.4) is 0 Å². The van der Waals surface area contributed by atoms with Gasteiger partial charge in [0.25, 0.3) is 0 Å². The lowest BCUT2D eigenvalue weighted by atomic mass is 10.1. The van der Waals surface area contributed by atoms with Crippen LogP contribution >= 0.6 is 0 Å². The van der Waals surface area contributed by atoms with E-state index in [9.17, 15) is 14.4 Å². The van der Waals surface area contributed by atoms with E-state index in [0.29, 0.717) is 22.7 Å². The van der Waals surface area contributed by atoms with E-state index in [1.807, 2.05) is 30.3 Å². The summed E-state index contributed by atoms with van der Waals surface area (Å²) >= 11 is 0. The zero-order valence-electron chi connectivity index (χ0n) is 16.8. The summed E-state index contributed by atoms with van der Waals surface area (Å²) in [7, 11) is 1.56. The second-order valence-electron chi connectivity index (χ2n) is 6.63. The molecular weight excluding hydrogens is 380 g/mol. The predicted octanol–water partition coefficient (Wildman–Crippen LogP) is 4.07. The molecule has 3 aromatic carbocycles. The Morgan fingerprint density at radius 2 is 1.50 bits per heavy atom. The third-order valence-electron chi connectivity index (χ3n) is 4.56. The standard InChI is InChI=1S/C24H22N2O4/c1-17(27)21-10-6-7-11-22(21)25-23(28)24(29)26(16-18-8-4-3-5-9-18)19-12-14-20(30-2)15-13-19/h3-15H,16H2,1-2H3,(H,25,28). The van der Waals surface area contributed by atoms with Crippen molar-refractivity contribution in [1.82, 2.24) is 0 Å². The minimum absolute atomic E-state index is 0.199. The molecule has 0 unspecified atom stereocenters.